The van der Waals surface area contributed by atoms with Crippen molar-refractivity contribution in [3.05, 3.63) is 36.2 Å². The number of phenolic OH excluding ortho intramolecular Hbond substituents is 1. The van der Waals surface area contributed by atoms with Gasteiger partial charge >= 0.3 is 0 Å². The van der Waals surface area contributed by atoms with Crippen molar-refractivity contribution in [2.75, 3.05) is 28.4 Å². The number of hydrogen-bond acceptors (Lipinski definition) is 10. The fourth-order valence-electron chi connectivity index (χ4n) is 5.42. The maximum Gasteiger partial charge on any atom is 0.294 e. The van der Waals surface area contributed by atoms with Gasteiger partial charge in [0.2, 0.25) is 0 Å². The highest BCUT2D eigenvalue weighted by molar-refractivity contribution is 7.16. The first-order valence-corrected chi connectivity index (χ1v) is 12.5. The molecule has 2 saturated heterocycles. The molecule has 194 valence electrons. The highest BCUT2D eigenvalue weighted by atomic mass is 32.1. The number of phenols is 1. The lowest BCUT2D eigenvalue weighted by molar-refractivity contribution is -0.224. The Morgan fingerprint density at radius 2 is 1.81 bits per heavy atom. The first kappa shape index (κ1) is 25.0. The summed E-state index contributed by atoms with van der Waals surface area (Å²) in [5.41, 5.74) is 2.10. The third kappa shape index (κ3) is 4.26. The van der Waals surface area contributed by atoms with Gasteiger partial charge in [-0.1, -0.05) is 16.4 Å². The predicted octanol–water partition coefficient (Wildman–Crippen LogP) is 2.62. The van der Waals surface area contributed by atoms with Crippen LogP contribution in [0.2, 0.25) is 0 Å². The number of rotatable bonds is 7. The maximum atomic E-state index is 15.8. The molecule has 0 saturated carbocycles. The van der Waals surface area contributed by atoms with Gasteiger partial charge in [0.15, 0.2) is 11.2 Å². The van der Waals surface area contributed by atoms with Crippen LogP contribution < -0.4 is 4.74 Å². The predicted molar refractivity (Wildman–Crippen MR) is 131 cm³/mol. The molecule has 2 aliphatic rings. The van der Waals surface area contributed by atoms with Gasteiger partial charge < -0.3 is 24.1 Å². The number of likely N-dealkylation sites (N-methyl/N-ethyl adjacent to an activating group) is 1. The van der Waals surface area contributed by atoms with E-state index < -0.39 is 30.5 Å². The van der Waals surface area contributed by atoms with Crippen LogP contribution in [-0.4, -0.2) is 101 Å². The van der Waals surface area contributed by atoms with Crippen molar-refractivity contribution in [1.82, 2.24) is 24.9 Å². The minimum absolute atomic E-state index is 0.0389. The lowest BCUT2D eigenvalue weighted by Crippen LogP contribution is -2.74. The Hall–Kier alpha value is -2.64. The van der Waals surface area contributed by atoms with Crippen molar-refractivity contribution >= 4 is 11.3 Å². The molecule has 36 heavy (non-hydrogen) atoms. The topological polar surface area (TPSA) is 104 Å². The minimum atomic E-state index is -1.34. The van der Waals surface area contributed by atoms with Crippen LogP contribution in [0.15, 0.2) is 30.5 Å². The molecule has 4 heterocycles. The number of methoxy groups -OCH3 is 3. The summed E-state index contributed by atoms with van der Waals surface area (Å²) in [6, 6.07) is 6.39. The van der Waals surface area contributed by atoms with E-state index >= 15 is 4.39 Å². The molecule has 7 unspecified atom stereocenters. The van der Waals surface area contributed by atoms with Crippen molar-refractivity contribution in [3.63, 3.8) is 0 Å². The average molecular weight is 520 g/mol. The summed E-state index contributed by atoms with van der Waals surface area (Å²) in [6.45, 7) is 1.90. The van der Waals surface area contributed by atoms with Crippen LogP contribution in [0.1, 0.15) is 12.1 Å². The van der Waals surface area contributed by atoms with Crippen molar-refractivity contribution in [3.8, 4) is 27.2 Å². The average Bonchev–Trinajstić information content (AvgIpc) is 3.51. The molecule has 12 heteroatoms. The van der Waals surface area contributed by atoms with Gasteiger partial charge in [0.05, 0.1) is 23.0 Å². The second kappa shape index (κ2) is 10.0. The van der Waals surface area contributed by atoms with E-state index in [1.165, 1.54) is 0 Å². The second-order valence-corrected chi connectivity index (χ2v) is 10.1. The third-order valence-electron chi connectivity index (χ3n) is 7.19. The standard InChI is InChI=1S/C24H30FN5O5S/c1-12-8-9-30(28-12)13-6-7-14(16(31)10-13)23-26-27-24(36-23)35-17-11-15-20(32-3)22(34-5)21(33-4)19(18(17)25)29(15)2/h6-10,15,17-22,31H,11H2,1-5H3. The van der Waals surface area contributed by atoms with Crippen LogP contribution in [0.5, 0.6) is 10.9 Å². The summed E-state index contributed by atoms with van der Waals surface area (Å²) in [5.74, 6) is 0.0389. The van der Waals surface area contributed by atoms with Crippen LogP contribution in [0.3, 0.4) is 0 Å². The van der Waals surface area contributed by atoms with Gasteiger partial charge in [-0.3, -0.25) is 4.90 Å². The van der Waals surface area contributed by atoms with E-state index in [9.17, 15) is 5.11 Å². The molecule has 0 aliphatic carbocycles. The van der Waals surface area contributed by atoms with Crippen molar-refractivity contribution in [1.29, 1.82) is 0 Å². The van der Waals surface area contributed by atoms with Crippen LogP contribution in [0.25, 0.3) is 16.3 Å². The van der Waals surface area contributed by atoms with Gasteiger partial charge in [-0.15, -0.1) is 5.10 Å². The minimum Gasteiger partial charge on any atom is -0.507 e. The van der Waals surface area contributed by atoms with E-state index in [2.05, 4.69) is 15.3 Å². The molecule has 2 bridgehead atoms. The van der Waals surface area contributed by atoms with E-state index in [1.54, 1.807) is 38.1 Å². The number of aromatic nitrogens is 4. The summed E-state index contributed by atoms with van der Waals surface area (Å²) >= 11 is 1.15. The second-order valence-electron chi connectivity index (χ2n) is 9.14. The smallest absolute Gasteiger partial charge is 0.294 e. The maximum absolute atomic E-state index is 15.8. The van der Waals surface area contributed by atoms with E-state index in [1.807, 2.05) is 37.2 Å². The van der Waals surface area contributed by atoms with Gasteiger partial charge in [0.25, 0.3) is 5.19 Å². The Bertz CT molecular complexity index is 1210. The Balaban J connectivity index is 1.35. The highest BCUT2D eigenvalue weighted by Crippen LogP contribution is 2.41. The Morgan fingerprint density at radius 3 is 2.44 bits per heavy atom. The van der Waals surface area contributed by atoms with Gasteiger partial charge in [-0.2, -0.15) is 5.10 Å². The summed E-state index contributed by atoms with van der Waals surface area (Å²) < 4.78 is 40.6. The molecule has 0 radical (unpaired) electrons. The Kier molecular flexibility index (Phi) is 6.97. The molecular formula is C24H30FN5O5S. The largest absolute Gasteiger partial charge is 0.507 e. The molecule has 2 aromatic heterocycles. The summed E-state index contributed by atoms with van der Waals surface area (Å²) in [6.07, 6.45) is -1.12. The zero-order valence-corrected chi connectivity index (χ0v) is 21.6. The van der Waals surface area contributed by atoms with E-state index in [-0.39, 0.29) is 23.1 Å². The highest BCUT2D eigenvalue weighted by Gasteiger charge is 2.58. The molecule has 7 atom stereocenters. The van der Waals surface area contributed by atoms with Gasteiger partial charge in [0, 0.05) is 46.1 Å². The van der Waals surface area contributed by atoms with E-state index in [0.717, 1.165) is 22.7 Å². The Labute approximate surface area is 212 Å². The van der Waals surface area contributed by atoms with Crippen molar-refractivity contribution < 1.29 is 28.4 Å². The molecule has 3 aromatic rings. The van der Waals surface area contributed by atoms with Gasteiger partial charge in [-0.05, 0) is 32.2 Å². The molecule has 10 nitrogen and oxygen atoms in total. The summed E-state index contributed by atoms with van der Waals surface area (Å²) in [7, 11) is 6.64. The molecular weight excluding hydrogens is 489 g/mol. The van der Waals surface area contributed by atoms with Crippen LogP contribution >= 0.6 is 11.3 Å². The SMILES string of the molecule is COC1C(OC)C2CC(Oc3nnc(-c4ccc(-n5ccc(C)n5)cc4O)s3)C(F)C(C1OC)N2C. The van der Waals surface area contributed by atoms with Crippen LogP contribution in [0.4, 0.5) is 4.39 Å². The number of nitrogens with zero attached hydrogens (tertiary/aromatic N) is 5. The first-order valence-electron chi connectivity index (χ1n) is 11.7. The molecule has 2 fully saturated rings. The lowest BCUT2D eigenvalue weighted by Gasteiger charge is -2.56. The first-order chi connectivity index (χ1) is 17.4. The number of hydrogen-bond donors (Lipinski definition) is 1. The third-order valence-corrected chi connectivity index (χ3v) is 8.03. The monoisotopic (exact) mass is 519 g/mol. The van der Waals surface area contributed by atoms with Crippen molar-refractivity contribution in [2.45, 2.75) is 56.0 Å². The summed E-state index contributed by atoms with van der Waals surface area (Å²) in [4.78, 5) is 1.97. The summed E-state index contributed by atoms with van der Waals surface area (Å²) in [5, 5.41) is 24.0. The number of fused-ring (bicyclic) bond motifs is 2. The number of alkyl halides is 1. The van der Waals surface area contributed by atoms with E-state index in [0.29, 0.717) is 17.0 Å². The number of aromatic hydroxyl groups is 1. The zero-order chi connectivity index (χ0) is 25.6. The number of aryl methyl sites for hydroxylation is 1. The number of piperidine rings is 2. The number of halogens is 1. The fraction of sp³-hybridized carbons (Fsp3) is 0.542. The molecule has 0 spiro atoms. The number of ether oxygens (including phenoxy) is 4. The van der Waals surface area contributed by atoms with Crippen LogP contribution in [-0.2, 0) is 14.2 Å². The van der Waals surface area contributed by atoms with Gasteiger partial charge in [-0.25, -0.2) is 9.07 Å². The Morgan fingerprint density at radius 1 is 1.06 bits per heavy atom. The molecule has 0 amide bonds. The molecule has 5 rings (SSSR count). The molecule has 1 N–H and O–H groups in total. The zero-order valence-electron chi connectivity index (χ0n) is 20.7. The van der Waals surface area contributed by atoms with Crippen LogP contribution in [0, 0.1) is 6.92 Å². The normalized spacial score (nSPS) is 30.4. The van der Waals surface area contributed by atoms with Gasteiger partial charge in [0.1, 0.15) is 30.2 Å². The van der Waals surface area contributed by atoms with E-state index in [4.69, 9.17) is 18.9 Å². The fourth-order valence-corrected chi connectivity index (χ4v) is 6.21. The number of benzene rings is 1. The quantitative estimate of drug-likeness (QED) is 0.504. The molecule has 1 aromatic carbocycles. The molecule has 2 aliphatic heterocycles. The van der Waals surface area contributed by atoms with Crippen molar-refractivity contribution in [2.24, 2.45) is 0 Å². The lowest BCUT2D eigenvalue weighted by atomic mass is 9.77.